The Hall–Kier alpha value is -1.68. The molecule has 0 radical (unpaired) electrons. The van der Waals surface area contributed by atoms with Crippen LogP contribution in [0.25, 0.3) is 10.4 Å². The van der Waals surface area contributed by atoms with Crippen LogP contribution in [-0.4, -0.2) is 17.6 Å². The maximum Gasteiger partial charge on any atom is 0.348 e. The highest BCUT2D eigenvalue weighted by Gasteiger charge is 2.10. The van der Waals surface area contributed by atoms with Gasteiger partial charge in [0.2, 0.25) is 0 Å². The van der Waals surface area contributed by atoms with Gasteiger partial charge in [0.05, 0.1) is 6.61 Å². The van der Waals surface area contributed by atoms with E-state index >= 15 is 0 Å². The molecule has 16 heavy (non-hydrogen) atoms. The highest BCUT2D eigenvalue weighted by atomic mass is 32.1. The van der Waals surface area contributed by atoms with Gasteiger partial charge in [-0.3, -0.25) is 4.98 Å². The molecule has 0 saturated carbocycles. The first kappa shape index (κ1) is 10.8. The maximum atomic E-state index is 11.5. The SMILES string of the molecule is CCOC(=O)c1ccc(-c2cccnc2)s1. The lowest BCUT2D eigenvalue weighted by Gasteiger charge is -1.97. The molecule has 0 unspecified atom stereocenters. The summed E-state index contributed by atoms with van der Waals surface area (Å²) in [6.45, 7) is 2.20. The zero-order valence-electron chi connectivity index (χ0n) is 8.84. The van der Waals surface area contributed by atoms with Gasteiger partial charge in [-0.15, -0.1) is 11.3 Å². The monoisotopic (exact) mass is 233 g/mol. The number of pyridine rings is 1. The first-order chi connectivity index (χ1) is 7.81. The number of hydrogen-bond acceptors (Lipinski definition) is 4. The fourth-order valence-corrected chi connectivity index (χ4v) is 2.20. The van der Waals surface area contributed by atoms with Crippen LogP contribution >= 0.6 is 11.3 Å². The molecule has 0 aliphatic rings. The molecule has 0 aromatic carbocycles. The molecule has 0 bridgehead atoms. The number of thiophene rings is 1. The number of hydrogen-bond donors (Lipinski definition) is 0. The topological polar surface area (TPSA) is 39.2 Å². The van der Waals surface area contributed by atoms with Crippen LogP contribution < -0.4 is 0 Å². The van der Waals surface area contributed by atoms with Gasteiger partial charge >= 0.3 is 5.97 Å². The Labute approximate surface area is 97.7 Å². The van der Waals surface area contributed by atoms with Gasteiger partial charge in [0.1, 0.15) is 4.88 Å². The summed E-state index contributed by atoms with van der Waals surface area (Å²) in [5, 5.41) is 0. The summed E-state index contributed by atoms with van der Waals surface area (Å²) in [5.74, 6) is -0.261. The van der Waals surface area contributed by atoms with Crippen LogP contribution in [0, 0.1) is 0 Å². The summed E-state index contributed by atoms with van der Waals surface area (Å²) >= 11 is 1.42. The van der Waals surface area contributed by atoms with Gasteiger partial charge in [0, 0.05) is 22.8 Å². The fraction of sp³-hybridized carbons (Fsp3) is 0.167. The zero-order chi connectivity index (χ0) is 11.4. The highest BCUT2D eigenvalue weighted by molar-refractivity contribution is 7.17. The first-order valence-corrected chi connectivity index (χ1v) is 5.80. The second kappa shape index (κ2) is 4.90. The average Bonchev–Trinajstić information content (AvgIpc) is 2.80. The molecule has 0 saturated heterocycles. The van der Waals surface area contributed by atoms with E-state index in [0.29, 0.717) is 11.5 Å². The number of ether oxygens (including phenoxy) is 1. The third-order valence-electron chi connectivity index (χ3n) is 2.03. The van der Waals surface area contributed by atoms with Gasteiger partial charge in [-0.1, -0.05) is 6.07 Å². The van der Waals surface area contributed by atoms with Gasteiger partial charge < -0.3 is 4.74 Å². The Bertz CT molecular complexity index is 479. The van der Waals surface area contributed by atoms with Crippen molar-refractivity contribution in [2.75, 3.05) is 6.61 Å². The van der Waals surface area contributed by atoms with E-state index in [-0.39, 0.29) is 5.97 Å². The lowest BCUT2D eigenvalue weighted by Crippen LogP contribution is -2.01. The van der Waals surface area contributed by atoms with Crippen molar-refractivity contribution in [1.29, 1.82) is 0 Å². The minimum atomic E-state index is -0.261. The van der Waals surface area contributed by atoms with Gasteiger partial charge in [0.25, 0.3) is 0 Å². The third-order valence-corrected chi connectivity index (χ3v) is 3.14. The normalized spacial score (nSPS) is 10.1. The fourth-order valence-electron chi connectivity index (χ4n) is 1.31. The number of esters is 1. The summed E-state index contributed by atoms with van der Waals surface area (Å²) in [5.41, 5.74) is 1.02. The van der Waals surface area contributed by atoms with Crippen LogP contribution in [-0.2, 0) is 4.74 Å². The van der Waals surface area contributed by atoms with E-state index < -0.39 is 0 Å². The summed E-state index contributed by atoms with van der Waals surface area (Å²) in [6, 6.07) is 7.53. The Morgan fingerprint density at radius 3 is 3.00 bits per heavy atom. The van der Waals surface area contributed by atoms with E-state index in [4.69, 9.17) is 4.74 Å². The third kappa shape index (κ3) is 2.28. The van der Waals surface area contributed by atoms with Crippen molar-refractivity contribution in [3.63, 3.8) is 0 Å². The van der Waals surface area contributed by atoms with Crippen LogP contribution in [0.4, 0.5) is 0 Å². The minimum absolute atomic E-state index is 0.261. The van der Waals surface area contributed by atoms with E-state index in [2.05, 4.69) is 4.98 Å². The molecule has 0 spiro atoms. The molecule has 3 nitrogen and oxygen atoms in total. The molecule has 0 N–H and O–H groups in total. The van der Waals surface area contributed by atoms with Gasteiger partial charge in [0.15, 0.2) is 0 Å². The smallest absolute Gasteiger partial charge is 0.348 e. The predicted molar refractivity (Wildman–Crippen MR) is 63.5 cm³/mol. The Morgan fingerprint density at radius 2 is 2.31 bits per heavy atom. The molecule has 0 aliphatic heterocycles. The van der Waals surface area contributed by atoms with E-state index in [9.17, 15) is 4.79 Å². The molecule has 4 heteroatoms. The summed E-state index contributed by atoms with van der Waals surface area (Å²) in [6.07, 6.45) is 3.50. The zero-order valence-corrected chi connectivity index (χ0v) is 9.66. The molecule has 0 aliphatic carbocycles. The van der Waals surface area contributed by atoms with E-state index in [1.807, 2.05) is 18.2 Å². The Morgan fingerprint density at radius 1 is 1.44 bits per heavy atom. The molecule has 2 heterocycles. The van der Waals surface area contributed by atoms with Gasteiger partial charge in [-0.05, 0) is 25.1 Å². The molecule has 0 amide bonds. The van der Waals surface area contributed by atoms with Crippen molar-refractivity contribution < 1.29 is 9.53 Å². The summed E-state index contributed by atoms with van der Waals surface area (Å²) in [4.78, 5) is 17.2. The van der Waals surface area contributed by atoms with Crippen molar-refractivity contribution >= 4 is 17.3 Å². The minimum Gasteiger partial charge on any atom is -0.462 e. The molecule has 2 rings (SSSR count). The largest absolute Gasteiger partial charge is 0.462 e. The van der Waals surface area contributed by atoms with Crippen LogP contribution in [0.5, 0.6) is 0 Å². The summed E-state index contributed by atoms with van der Waals surface area (Å²) in [7, 11) is 0. The van der Waals surface area contributed by atoms with Crippen molar-refractivity contribution in [3.05, 3.63) is 41.5 Å². The van der Waals surface area contributed by atoms with Crippen molar-refractivity contribution in [2.24, 2.45) is 0 Å². The van der Waals surface area contributed by atoms with Crippen molar-refractivity contribution in [1.82, 2.24) is 4.98 Å². The number of nitrogens with zero attached hydrogens (tertiary/aromatic N) is 1. The second-order valence-electron chi connectivity index (χ2n) is 3.13. The standard InChI is InChI=1S/C12H11NO2S/c1-2-15-12(14)11-6-5-10(16-11)9-4-3-7-13-8-9/h3-8H,2H2,1H3. The summed E-state index contributed by atoms with van der Waals surface area (Å²) < 4.78 is 4.93. The quantitative estimate of drug-likeness (QED) is 0.765. The van der Waals surface area contributed by atoms with Crippen LogP contribution in [0.2, 0.25) is 0 Å². The van der Waals surface area contributed by atoms with Gasteiger partial charge in [-0.2, -0.15) is 0 Å². The van der Waals surface area contributed by atoms with Crippen LogP contribution in [0.15, 0.2) is 36.7 Å². The van der Waals surface area contributed by atoms with E-state index in [1.165, 1.54) is 11.3 Å². The van der Waals surface area contributed by atoms with E-state index in [0.717, 1.165) is 10.4 Å². The number of carbonyl (C=O) groups excluding carboxylic acids is 1. The predicted octanol–water partition coefficient (Wildman–Crippen LogP) is 2.99. The van der Waals surface area contributed by atoms with E-state index in [1.54, 1.807) is 25.4 Å². The van der Waals surface area contributed by atoms with Crippen molar-refractivity contribution in [2.45, 2.75) is 6.92 Å². The molecule has 0 fully saturated rings. The van der Waals surface area contributed by atoms with Crippen LogP contribution in [0.3, 0.4) is 0 Å². The Balaban J connectivity index is 2.23. The average molecular weight is 233 g/mol. The number of rotatable bonds is 3. The van der Waals surface area contributed by atoms with Crippen LogP contribution in [0.1, 0.15) is 16.6 Å². The maximum absolute atomic E-state index is 11.5. The Kier molecular flexibility index (Phi) is 3.31. The molecule has 2 aromatic heterocycles. The molecule has 0 atom stereocenters. The molecular formula is C12H11NO2S. The molecular weight excluding hydrogens is 222 g/mol. The molecule has 2 aromatic rings. The van der Waals surface area contributed by atoms with Gasteiger partial charge in [-0.25, -0.2) is 4.79 Å². The lowest BCUT2D eigenvalue weighted by molar-refractivity contribution is 0.0532. The first-order valence-electron chi connectivity index (χ1n) is 4.98. The number of aromatic nitrogens is 1. The number of carbonyl (C=O) groups is 1. The molecule has 82 valence electrons. The van der Waals surface area contributed by atoms with Crippen molar-refractivity contribution in [3.8, 4) is 10.4 Å². The second-order valence-corrected chi connectivity index (χ2v) is 4.21. The lowest BCUT2D eigenvalue weighted by atomic mass is 10.2. The highest BCUT2D eigenvalue weighted by Crippen LogP contribution is 2.27.